The Bertz CT molecular complexity index is 750. The van der Waals surface area contributed by atoms with Gasteiger partial charge in [0.05, 0.1) is 26.5 Å². The van der Waals surface area contributed by atoms with Crippen molar-refractivity contribution in [3.63, 3.8) is 0 Å². The predicted octanol–water partition coefficient (Wildman–Crippen LogP) is 2.43. The number of rotatable bonds is 7. The molecule has 1 amide bonds. The van der Waals surface area contributed by atoms with Gasteiger partial charge in [-0.25, -0.2) is 0 Å². The summed E-state index contributed by atoms with van der Waals surface area (Å²) in [7, 11) is 3.25. The molecule has 1 fully saturated rings. The molecule has 0 saturated carbocycles. The van der Waals surface area contributed by atoms with Gasteiger partial charge in [-0.2, -0.15) is 0 Å². The maximum absolute atomic E-state index is 12.6. The van der Waals surface area contributed by atoms with E-state index in [1.54, 1.807) is 19.1 Å². The highest BCUT2D eigenvalue weighted by Gasteiger charge is 2.26. The highest BCUT2D eigenvalue weighted by atomic mass is 16.5. The quantitative estimate of drug-likeness (QED) is 0.763. The zero-order chi connectivity index (χ0) is 18.4. The van der Waals surface area contributed by atoms with Crippen LogP contribution in [0.25, 0.3) is 0 Å². The molecular weight excluding hydrogens is 332 g/mol. The number of carbonyl (C=O) groups excluding carboxylic acids is 1. The van der Waals surface area contributed by atoms with E-state index in [0.717, 1.165) is 29.5 Å². The summed E-state index contributed by atoms with van der Waals surface area (Å²) in [5.74, 6) is 2.32. The molecule has 0 aromatic heterocycles. The normalized spacial score (nSPS) is 15.0. The summed E-state index contributed by atoms with van der Waals surface area (Å²) in [5, 5.41) is 0. The molecule has 1 aliphatic rings. The topological polar surface area (TPSA) is 51.2 Å². The fourth-order valence-corrected chi connectivity index (χ4v) is 3.00. The second-order valence-corrected chi connectivity index (χ2v) is 6.02. The lowest BCUT2D eigenvalue weighted by atomic mass is 10.2. The number of carbonyl (C=O) groups is 1. The average Bonchev–Trinajstić information content (AvgIpc) is 2.68. The third kappa shape index (κ3) is 4.26. The van der Waals surface area contributed by atoms with Crippen LogP contribution in [-0.4, -0.2) is 57.8 Å². The van der Waals surface area contributed by atoms with Crippen molar-refractivity contribution >= 4 is 11.6 Å². The highest BCUT2D eigenvalue weighted by Crippen LogP contribution is 2.28. The molecule has 2 aromatic carbocycles. The van der Waals surface area contributed by atoms with Gasteiger partial charge in [0, 0.05) is 25.7 Å². The van der Waals surface area contributed by atoms with Crippen molar-refractivity contribution < 1.29 is 19.0 Å². The molecule has 6 heteroatoms. The van der Waals surface area contributed by atoms with Crippen molar-refractivity contribution in [3.05, 3.63) is 48.5 Å². The number of ether oxygens (including phenoxy) is 3. The lowest BCUT2D eigenvalue weighted by Gasteiger charge is -2.34. The summed E-state index contributed by atoms with van der Waals surface area (Å²) in [6.45, 7) is 3.03. The third-order valence-corrected chi connectivity index (χ3v) is 4.39. The van der Waals surface area contributed by atoms with Gasteiger partial charge in [0.15, 0.2) is 0 Å². The largest absolute Gasteiger partial charge is 0.497 e. The molecule has 2 aromatic rings. The molecule has 3 rings (SSSR count). The summed E-state index contributed by atoms with van der Waals surface area (Å²) in [5.41, 5.74) is 0.826. The number of anilines is 1. The molecular formula is C20H24N2O4. The van der Waals surface area contributed by atoms with Crippen LogP contribution in [0.2, 0.25) is 0 Å². The molecule has 0 spiro atoms. The predicted molar refractivity (Wildman–Crippen MR) is 100 cm³/mol. The molecule has 6 nitrogen and oxygen atoms in total. The molecule has 0 atom stereocenters. The monoisotopic (exact) mass is 356 g/mol. The number of amides is 1. The lowest BCUT2D eigenvalue weighted by molar-refractivity contribution is -0.121. The Morgan fingerprint density at radius 2 is 1.77 bits per heavy atom. The standard InChI is InChI=1S/C20H24N2O4/c1-24-16-6-5-7-17(14-16)26-13-12-21-10-11-22(20(23)15-21)18-8-3-4-9-19(18)25-2/h3-9,14H,10-13,15H2,1-2H3. The van der Waals surface area contributed by atoms with Crippen LogP contribution in [0.3, 0.4) is 0 Å². The zero-order valence-corrected chi connectivity index (χ0v) is 15.2. The summed E-state index contributed by atoms with van der Waals surface area (Å²) < 4.78 is 16.3. The van der Waals surface area contributed by atoms with Crippen LogP contribution < -0.4 is 19.1 Å². The summed E-state index contributed by atoms with van der Waals surface area (Å²) >= 11 is 0. The van der Waals surface area contributed by atoms with Gasteiger partial charge < -0.3 is 19.1 Å². The maximum Gasteiger partial charge on any atom is 0.241 e. The number of hydrogen-bond acceptors (Lipinski definition) is 5. The Morgan fingerprint density at radius 1 is 0.962 bits per heavy atom. The van der Waals surface area contributed by atoms with Gasteiger partial charge in [-0.05, 0) is 24.3 Å². The summed E-state index contributed by atoms with van der Waals surface area (Å²) in [4.78, 5) is 16.5. The van der Waals surface area contributed by atoms with Gasteiger partial charge in [-0.3, -0.25) is 9.69 Å². The van der Waals surface area contributed by atoms with Gasteiger partial charge in [0.2, 0.25) is 5.91 Å². The Labute approximate surface area is 153 Å². The van der Waals surface area contributed by atoms with Crippen molar-refractivity contribution in [2.45, 2.75) is 0 Å². The zero-order valence-electron chi connectivity index (χ0n) is 15.2. The van der Waals surface area contributed by atoms with Crippen molar-refractivity contribution in [3.8, 4) is 17.2 Å². The van der Waals surface area contributed by atoms with E-state index in [1.807, 2.05) is 48.5 Å². The van der Waals surface area contributed by atoms with Gasteiger partial charge in [-0.15, -0.1) is 0 Å². The number of para-hydroxylation sites is 2. The van der Waals surface area contributed by atoms with E-state index in [9.17, 15) is 4.79 Å². The molecule has 26 heavy (non-hydrogen) atoms. The van der Waals surface area contributed by atoms with Crippen LogP contribution in [0.4, 0.5) is 5.69 Å². The first-order valence-electron chi connectivity index (χ1n) is 8.64. The smallest absolute Gasteiger partial charge is 0.241 e. The Kier molecular flexibility index (Phi) is 5.96. The molecule has 0 radical (unpaired) electrons. The Balaban J connectivity index is 1.51. The molecule has 0 aliphatic carbocycles. The van der Waals surface area contributed by atoms with Crippen LogP contribution in [-0.2, 0) is 4.79 Å². The fourth-order valence-electron chi connectivity index (χ4n) is 3.00. The number of benzene rings is 2. The Hall–Kier alpha value is -2.73. The van der Waals surface area contributed by atoms with Crippen LogP contribution in [0.15, 0.2) is 48.5 Å². The minimum absolute atomic E-state index is 0.0714. The number of hydrogen-bond donors (Lipinski definition) is 0. The summed E-state index contributed by atoms with van der Waals surface area (Å²) in [6, 6.07) is 15.1. The van der Waals surface area contributed by atoms with Crippen molar-refractivity contribution in [1.29, 1.82) is 0 Å². The first-order valence-corrected chi connectivity index (χ1v) is 8.64. The average molecular weight is 356 g/mol. The minimum Gasteiger partial charge on any atom is -0.497 e. The third-order valence-electron chi connectivity index (χ3n) is 4.39. The maximum atomic E-state index is 12.6. The van der Waals surface area contributed by atoms with Crippen LogP contribution in [0.1, 0.15) is 0 Å². The van der Waals surface area contributed by atoms with E-state index in [2.05, 4.69) is 4.90 Å². The second kappa shape index (κ2) is 8.58. The van der Waals surface area contributed by atoms with Gasteiger partial charge >= 0.3 is 0 Å². The molecule has 0 unspecified atom stereocenters. The molecule has 0 bridgehead atoms. The SMILES string of the molecule is COc1cccc(OCCN2CCN(c3ccccc3OC)C(=O)C2)c1. The van der Waals surface area contributed by atoms with Gasteiger partial charge in [-0.1, -0.05) is 18.2 Å². The van der Waals surface area contributed by atoms with Crippen LogP contribution in [0.5, 0.6) is 17.2 Å². The lowest BCUT2D eigenvalue weighted by Crippen LogP contribution is -2.51. The number of piperazine rings is 1. The van der Waals surface area contributed by atoms with Crippen LogP contribution in [0, 0.1) is 0 Å². The van der Waals surface area contributed by atoms with Crippen molar-refractivity contribution in [2.24, 2.45) is 0 Å². The van der Waals surface area contributed by atoms with Gasteiger partial charge in [0.1, 0.15) is 23.9 Å². The van der Waals surface area contributed by atoms with E-state index < -0.39 is 0 Å². The van der Waals surface area contributed by atoms with Crippen molar-refractivity contribution in [2.75, 3.05) is 51.9 Å². The van der Waals surface area contributed by atoms with Gasteiger partial charge in [0.25, 0.3) is 0 Å². The highest BCUT2D eigenvalue weighted by molar-refractivity contribution is 5.96. The molecule has 138 valence electrons. The fraction of sp³-hybridized carbons (Fsp3) is 0.350. The van der Waals surface area contributed by atoms with Crippen LogP contribution >= 0.6 is 0 Å². The van der Waals surface area contributed by atoms with Crippen molar-refractivity contribution in [1.82, 2.24) is 4.90 Å². The van der Waals surface area contributed by atoms with E-state index >= 15 is 0 Å². The number of methoxy groups -OCH3 is 2. The minimum atomic E-state index is 0.0714. The Morgan fingerprint density at radius 3 is 2.54 bits per heavy atom. The molecule has 1 heterocycles. The first-order chi connectivity index (χ1) is 12.7. The summed E-state index contributed by atoms with van der Waals surface area (Å²) in [6.07, 6.45) is 0. The second-order valence-electron chi connectivity index (χ2n) is 6.02. The van der Waals surface area contributed by atoms with E-state index in [0.29, 0.717) is 26.2 Å². The van der Waals surface area contributed by atoms with E-state index in [1.165, 1.54) is 0 Å². The van der Waals surface area contributed by atoms with E-state index in [-0.39, 0.29) is 5.91 Å². The van der Waals surface area contributed by atoms with E-state index in [4.69, 9.17) is 14.2 Å². The molecule has 1 saturated heterocycles. The number of nitrogens with zero attached hydrogens (tertiary/aromatic N) is 2. The molecule has 0 N–H and O–H groups in total. The molecule has 1 aliphatic heterocycles. The first kappa shape index (κ1) is 18.1.